The number of amides is 1. The number of β-amino-alcohol motifs (C(OH)–C–C–N with tert-alkyl or cyclic N) is 1. The van der Waals surface area contributed by atoms with Gasteiger partial charge in [0.1, 0.15) is 6.04 Å². The number of carbonyl (C=O) groups is 2. The molecule has 0 aromatic heterocycles. The van der Waals surface area contributed by atoms with E-state index >= 15 is 0 Å². The van der Waals surface area contributed by atoms with Crippen LogP contribution in [0.15, 0.2) is 0 Å². The predicted octanol–water partition coefficient (Wildman–Crippen LogP) is -0.579. The molecule has 2 saturated heterocycles. The van der Waals surface area contributed by atoms with E-state index in [9.17, 15) is 14.7 Å². The van der Waals surface area contributed by atoms with E-state index in [-0.39, 0.29) is 30.8 Å². The minimum Gasteiger partial charge on any atom is -0.480 e. The molecule has 0 aromatic rings. The first-order chi connectivity index (χ1) is 8.50. The molecule has 0 aliphatic carbocycles. The molecule has 0 saturated carbocycles. The number of aliphatic hydroxyl groups is 1. The Morgan fingerprint density at radius 3 is 2.72 bits per heavy atom. The number of carboxylic acids is 1. The van der Waals surface area contributed by atoms with Gasteiger partial charge in [0, 0.05) is 13.0 Å². The molecule has 2 heterocycles. The standard InChI is InChI=1S/C12H20N2O4/c1-7-3-2-4-13-10(7)11(16)14-6-8(15)5-9(14)12(17)18/h7-10,13,15H,2-6H2,1H3,(H,17,18)/t7?,8-,9-,10?/m1/s1. The van der Waals surface area contributed by atoms with Gasteiger partial charge in [-0.2, -0.15) is 0 Å². The molecule has 6 nitrogen and oxygen atoms in total. The molecule has 2 rings (SSSR count). The first-order valence-electron chi connectivity index (χ1n) is 6.45. The normalized spacial score (nSPS) is 36.7. The van der Waals surface area contributed by atoms with Crippen molar-refractivity contribution >= 4 is 11.9 Å². The number of rotatable bonds is 2. The molecule has 1 amide bonds. The molecule has 4 atom stereocenters. The summed E-state index contributed by atoms with van der Waals surface area (Å²) in [6.45, 7) is 2.91. The molecular weight excluding hydrogens is 236 g/mol. The molecule has 2 aliphatic heterocycles. The highest BCUT2D eigenvalue weighted by molar-refractivity contribution is 5.88. The zero-order valence-corrected chi connectivity index (χ0v) is 10.5. The van der Waals surface area contributed by atoms with E-state index < -0.39 is 18.1 Å². The lowest BCUT2D eigenvalue weighted by Gasteiger charge is -2.33. The highest BCUT2D eigenvalue weighted by atomic mass is 16.4. The summed E-state index contributed by atoms with van der Waals surface area (Å²) in [5, 5.41) is 21.8. The molecule has 3 N–H and O–H groups in total. The zero-order chi connectivity index (χ0) is 13.3. The molecule has 0 bridgehead atoms. The smallest absolute Gasteiger partial charge is 0.326 e. The summed E-state index contributed by atoms with van der Waals surface area (Å²) in [6.07, 6.45) is 1.41. The van der Waals surface area contributed by atoms with Crippen LogP contribution in [-0.2, 0) is 9.59 Å². The average molecular weight is 256 g/mol. The summed E-state index contributed by atoms with van der Waals surface area (Å²) in [6, 6.07) is -1.20. The number of carbonyl (C=O) groups excluding carboxylic acids is 1. The van der Waals surface area contributed by atoms with Crippen molar-refractivity contribution in [2.45, 2.75) is 44.4 Å². The molecule has 2 unspecified atom stereocenters. The Morgan fingerprint density at radius 2 is 2.11 bits per heavy atom. The van der Waals surface area contributed by atoms with Crippen molar-refractivity contribution in [3.05, 3.63) is 0 Å². The van der Waals surface area contributed by atoms with Gasteiger partial charge >= 0.3 is 5.97 Å². The third-order valence-corrected chi connectivity index (χ3v) is 3.88. The largest absolute Gasteiger partial charge is 0.480 e. The molecule has 0 spiro atoms. The van der Waals surface area contributed by atoms with Crippen LogP contribution in [0.3, 0.4) is 0 Å². The second-order valence-corrected chi connectivity index (χ2v) is 5.29. The second kappa shape index (κ2) is 5.24. The molecule has 2 aliphatic rings. The number of nitrogens with one attached hydrogen (secondary N) is 1. The number of piperidine rings is 1. The number of aliphatic carboxylic acids is 1. The molecular formula is C12H20N2O4. The SMILES string of the molecule is CC1CCCNC1C(=O)N1C[C@H](O)C[C@@H]1C(=O)O. The Balaban J connectivity index is 2.09. The fraction of sp³-hybridized carbons (Fsp3) is 0.833. The van der Waals surface area contributed by atoms with Crippen molar-refractivity contribution in [3.63, 3.8) is 0 Å². The van der Waals surface area contributed by atoms with Gasteiger partial charge in [0.25, 0.3) is 0 Å². The minimum absolute atomic E-state index is 0.126. The Labute approximate surface area is 106 Å². The van der Waals surface area contributed by atoms with E-state index in [1.807, 2.05) is 6.92 Å². The lowest BCUT2D eigenvalue weighted by atomic mass is 9.91. The zero-order valence-electron chi connectivity index (χ0n) is 10.5. The quantitative estimate of drug-likeness (QED) is 0.615. The third kappa shape index (κ3) is 2.49. The van der Waals surface area contributed by atoms with Crippen molar-refractivity contribution < 1.29 is 19.8 Å². The summed E-state index contributed by atoms with van der Waals surface area (Å²) in [4.78, 5) is 24.8. The van der Waals surface area contributed by atoms with Gasteiger partial charge in [0.2, 0.25) is 5.91 Å². The van der Waals surface area contributed by atoms with Gasteiger partial charge in [-0.15, -0.1) is 0 Å². The number of carboxylic acid groups (broad SMARTS) is 1. The van der Waals surface area contributed by atoms with E-state index in [4.69, 9.17) is 5.11 Å². The molecule has 2 fully saturated rings. The van der Waals surface area contributed by atoms with E-state index in [1.54, 1.807) is 0 Å². The maximum atomic E-state index is 12.4. The Bertz CT molecular complexity index is 347. The van der Waals surface area contributed by atoms with Gasteiger partial charge < -0.3 is 20.4 Å². The van der Waals surface area contributed by atoms with E-state index in [2.05, 4.69) is 5.32 Å². The minimum atomic E-state index is -1.04. The van der Waals surface area contributed by atoms with E-state index in [1.165, 1.54) is 4.90 Å². The first kappa shape index (κ1) is 13.3. The van der Waals surface area contributed by atoms with Crippen LogP contribution in [0, 0.1) is 5.92 Å². The van der Waals surface area contributed by atoms with Gasteiger partial charge in [-0.05, 0) is 25.3 Å². The molecule has 18 heavy (non-hydrogen) atoms. The number of aliphatic hydroxyl groups excluding tert-OH is 1. The lowest BCUT2D eigenvalue weighted by Crippen LogP contribution is -2.54. The number of likely N-dealkylation sites (tertiary alicyclic amines) is 1. The lowest BCUT2D eigenvalue weighted by molar-refractivity contribution is -0.149. The highest BCUT2D eigenvalue weighted by Gasteiger charge is 2.42. The summed E-state index contributed by atoms with van der Waals surface area (Å²) < 4.78 is 0. The van der Waals surface area contributed by atoms with E-state index in [0.29, 0.717) is 0 Å². The summed E-state index contributed by atoms with van der Waals surface area (Å²) in [5.41, 5.74) is 0. The van der Waals surface area contributed by atoms with Gasteiger partial charge in [-0.3, -0.25) is 4.79 Å². The van der Waals surface area contributed by atoms with Crippen LogP contribution in [0.4, 0.5) is 0 Å². The fourth-order valence-electron chi connectivity index (χ4n) is 2.85. The number of hydrogen-bond donors (Lipinski definition) is 3. The van der Waals surface area contributed by atoms with Crippen molar-refractivity contribution in [2.24, 2.45) is 5.92 Å². The van der Waals surface area contributed by atoms with Crippen molar-refractivity contribution in [1.29, 1.82) is 0 Å². The van der Waals surface area contributed by atoms with Gasteiger partial charge in [-0.1, -0.05) is 6.92 Å². The monoisotopic (exact) mass is 256 g/mol. The van der Waals surface area contributed by atoms with Crippen LogP contribution in [0.25, 0.3) is 0 Å². The van der Waals surface area contributed by atoms with Gasteiger partial charge in [0.05, 0.1) is 12.1 Å². The first-order valence-corrected chi connectivity index (χ1v) is 6.45. The van der Waals surface area contributed by atoms with Crippen LogP contribution in [0.2, 0.25) is 0 Å². The van der Waals surface area contributed by atoms with E-state index in [0.717, 1.165) is 19.4 Å². The van der Waals surface area contributed by atoms with Crippen LogP contribution in [0.1, 0.15) is 26.2 Å². The van der Waals surface area contributed by atoms with Crippen LogP contribution >= 0.6 is 0 Å². The second-order valence-electron chi connectivity index (χ2n) is 5.29. The molecule has 102 valence electrons. The molecule has 0 radical (unpaired) electrons. The number of hydrogen-bond acceptors (Lipinski definition) is 4. The predicted molar refractivity (Wildman–Crippen MR) is 63.9 cm³/mol. The topological polar surface area (TPSA) is 89.9 Å². The van der Waals surface area contributed by atoms with Crippen LogP contribution in [-0.4, -0.2) is 58.3 Å². The summed E-state index contributed by atoms with van der Waals surface area (Å²) in [5.74, 6) is -1.02. The third-order valence-electron chi connectivity index (χ3n) is 3.88. The van der Waals surface area contributed by atoms with Gasteiger partial charge in [-0.25, -0.2) is 4.79 Å². The maximum Gasteiger partial charge on any atom is 0.326 e. The highest BCUT2D eigenvalue weighted by Crippen LogP contribution is 2.23. The Hall–Kier alpha value is -1.14. The fourth-order valence-corrected chi connectivity index (χ4v) is 2.85. The molecule has 0 aromatic carbocycles. The van der Waals surface area contributed by atoms with Crippen LogP contribution in [0.5, 0.6) is 0 Å². The van der Waals surface area contributed by atoms with Gasteiger partial charge in [0.15, 0.2) is 0 Å². The molecule has 6 heteroatoms. The van der Waals surface area contributed by atoms with Crippen LogP contribution < -0.4 is 5.32 Å². The maximum absolute atomic E-state index is 12.4. The number of nitrogens with zero attached hydrogens (tertiary/aromatic N) is 1. The Morgan fingerprint density at radius 1 is 1.39 bits per heavy atom. The Kier molecular flexibility index (Phi) is 3.87. The van der Waals surface area contributed by atoms with Crippen molar-refractivity contribution in [1.82, 2.24) is 10.2 Å². The summed E-state index contributed by atoms with van der Waals surface area (Å²) in [7, 11) is 0. The van der Waals surface area contributed by atoms with Crippen molar-refractivity contribution in [2.75, 3.05) is 13.1 Å². The van der Waals surface area contributed by atoms with Crippen molar-refractivity contribution in [3.8, 4) is 0 Å². The summed E-state index contributed by atoms with van der Waals surface area (Å²) >= 11 is 0. The average Bonchev–Trinajstić information content (AvgIpc) is 2.71.